The molecule has 2 aromatic carbocycles. The predicted octanol–water partition coefficient (Wildman–Crippen LogP) is 4.34. The van der Waals surface area contributed by atoms with Crippen LogP contribution in [0, 0.1) is 0 Å². The van der Waals surface area contributed by atoms with Crippen molar-refractivity contribution in [1.82, 2.24) is 5.32 Å². The number of hydrogen-bond acceptors (Lipinski definition) is 3. The van der Waals surface area contributed by atoms with Crippen LogP contribution in [-0.4, -0.2) is 11.1 Å². The first kappa shape index (κ1) is 14.1. The highest BCUT2D eigenvalue weighted by atomic mass is 79.9. The van der Waals surface area contributed by atoms with Crippen LogP contribution in [-0.2, 0) is 4.79 Å². The molecule has 1 saturated heterocycles. The molecular weight excluding hydrogens is 348 g/mol. The number of para-hydroxylation sites is 1. The normalized spacial score (nSPS) is 18.2. The molecule has 0 saturated carbocycles. The van der Waals surface area contributed by atoms with Crippen LogP contribution >= 0.6 is 27.7 Å². The molecule has 5 heteroatoms. The molecule has 1 amide bonds. The van der Waals surface area contributed by atoms with Gasteiger partial charge in [-0.15, -0.1) is 0 Å². The zero-order valence-electron chi connectivity index (χ0n) is 10.9. The summed E-state index contributed by atoms with van der Waals surface area (Å²) in [7, 11) is 0. The van der Waals surface area contributed by atoms with Crippen LogP contribution in [0.5, 0.6) is 0 Å². The molecule has 0 aromatic heterocycles. The fourth-order valence-electron chi connectivity index (χ4n) is 1.85. The van der Waals surface area contributed by atoms with Gasteiger partial charge in [0.2, 0.25) is 0 Å². The summed E-state index contributed by atoms with van der Waals surface area (Å²) in [6.07, 6.45) is 1.86. The largest absolute Gasteiger partial charge is 0.300 e. The molecule has 1 N–H and O–H groups in total. The summed E-state index contributed by atoms with van der Waals surface area (Å²) < 4.78 is 0.985. The second-order valence-electron chi connectivity index (χ2n) is 4.37. The van der Waals surface area contributed by atoms with Crippen molar-refractivity contribution in [2.24, 2.45) is 4.99 Å². The topological polar surface area (TPSA) is 41.5 Å². The van der Waals surface area contributed by atoms with Gasteiger partial charge in [-0.1, -0.05) is 46.3 Å². The maximum atomic E-state index is 12.0. The van der Waals surface area contributed by atoms with E-state index in [2.05, 4.69) is 26.2 Å². The third-order valence-corrected chi connectivity index (χ3v) is 4.19. The number of halogens is 1. The maximum absolute atomic E-state index is 12.0. The first-order chi connectivity index (χ1) is 10.2. The number of nitrogens with one attached hydrogen (secondary N) is 1. The van der Waals surface area contributed by atoms with Crippen molar-refractivity contribution in [2.75, 3.05) is 0 Å². The Morgan fingerprint density at radius 1 is 1.10 bits per heavy atom. The van der Waals surface area contributed by atoms with Gasteiger partial charge in [0.25, 0.3) is 5.91 Å². The van der Waals surface area contributed by atoms with E-state index in [-0.39, 0.29) is 5.91 Å². The number of carbonyl (C=O) groups excluding carboxylic acids is 1. The Labute approximate surface area is 135 Å². The van der Waals surface area contributed by atoms with Gasteiger partial charge in [0, 0.05) is 4.47 Å². The molecule has 0 radical (unpaired) electrons. The van der Waals surface area contributed by atoms with Gasteiger partial charge >= 0.3 is 0 Å². The average Bonchev–Trinajstić information content (AvgIpc) is 2.80. The predicted molar refractivity (Wildman–Crippen MR) is 91.4 cm³/mol. The number of nitrogens with zero attached hydrogens (tertiary/aromatic N) is 1. The number of aliphatic imine (C=N–C) groups is 1. The number of thioether (sulfide) groups is 1. The monoisotopic (exact) mass is 358 g/mol. The standard InChI is InChI=1S/C16H11BrN2OS/c17-12-6-4-5-11(9-12)10-14-15(20)19-16(21-14)18-13-7-2-1-3-8-13/h1-10H,(H,18,19,20)/b14-10+. The van der Waals surface area contributed by atoms with E-state index in [1.165, 1.54) is 11.8 Å². The Morgan fingerprint density at radius 3 is 2.67 bits per heavy atom. The highest BCUT2D eigenvalue weighted by Crippen LogP contribution is 2.28. The lowest BCUT2D eigenvalue weighted by molar-refractivity contribution is -0.115. The summed E-state index contributed by atoms with van der Waals surface area (Å²) >= 11 is 4.77. The van der Waals surface area contributed by atoms with Crippen molar-refractivity contribution >= 4 is 50.5 Å². The van der Waals surface area contributed by atoms with Crippen molar-refractivity contribution in [3.63, 3.8) is 0 Å². The zero-order chi connectivity index (χ0) is 14.7. The molecule has 0 unspecified atom stereocenters. The summed E-state index contributed by atoms with van der Waals surface area (Å²) in [6.45, 7) is 0. The van der Waals surface area contributed by atoms with Gasteiger partial charge in [0.05, 0.1) is 10.6 Å². The molecule has 1 heterocycles. The minimum atomic E-state index is -0.116. The minimum absolute atomic E-state index is 0.116. The Balaban J connectivity index is 1.84. The smallest absolute Gasteiger partial charge is 0.264 e. The maximum Gasteiger partial charge on any atom is 0.264 e. The molecule has 1 aliphatic heterocycles. The van der Waals surface area contributed by atoms with E-state index >= 15 is 0 Å². The molecule has 21 heavy (non-hydrogen) atoms. The van der Waals surface area contributed by atoms with Gasteiger partial charge in [-0.3, -0.25) is 4.79 Å². The molecule has 1 fully saturated rings. The van der Waals surface area contributed by atoms with Crippen LogP contribution in [0.3, 0.4) is 0 Å². The highest BCUT2D eigenvalue weighted by molar-refractivity contribution is 9.10. The first-order valence-electron chi connectivity index (χ1n) is 6.31. The highest BCUT2D eigenvalue weighted by Gasteiger charge is 2.23. The first-order valence-corrected chi connectivity index (χ1v) is 7.92. The van der Waals surface area contributed by atoms with E-state index < -0.39 is 0 Å². The number of benzene rings is 2. The number of amides is 1. The van der Waals surface area contributed by atoms with Crippen LogP contribution in [0.2, 0.25) is 0 Å². The molecule has 3 nitrogen and oxygen atoms in total. The number of carbonyl (C=O) groups is 1. The Morgan fingerprint density at radius 2 is 1.90 bits per heavy atom. The van der Waals surface area contributed by atoms with Gasteiger partial charge in [0.15, 0.2) is 5.17 Å². The quantitative estimate of drug-likeness (QED) is 0.811. The summed E-state index contributed by atoms with van der Waals surface area (Å²) in [5, 5.41) is 3.39. The molecule has 2 aromatic rings. The second kappa shape index (κ2) is 6.28. The van der Waals surface area contributed by atoms with Crippen molar-refractivity contribution in [3.8, 4) is 0 Å². The molecule has 0 bridgehead atoms. The third-order valence-electron chi connectivity index (χ3n) is 2.78. The van der Waals surface area contributed by atoms with Crippen LogP contribution in [0.25, 0.3) is 6.08 Å². The van der Waals surface area contributed by atoms with Gasteiger partial charge in [-0.2, -0.15) is 0 Å². The SMILES string of the molecule is O=C1NC(=Nc2ccccc2)S/C1=C/c1cccc(Br)c1. The molecule has 0 spiro atoms. The molecule has 1 aliphatic rings. The number of rotatable bonds is 2. The molecule has 104 valence electrons. The fraction of sp³-hybridized carbons (Fsp3) is 0. The molecule has 0 aliphatic carbocycles. The lowest BCUT2D eigenvalue weighted by Gasteiger charge is -1.96. The van der Waals surface area contributed by atoms with Crippen LogP contribution < -0.4 is 5.32 Å². The summed E-state index contributed by atoms with van der Waals surface area (Å²) in [4.78, 5) is 17.0. The van der Waals surface area contributed by atoms with Crippen LogP contribution in [0.4, 0.5) is 5.69 Å². The van der Waals surface area contributed by atoms with Crippen molar-refractivity contribution in [3.05, 3.63) is 69.5 Å². The van der Waals surface area contributed by atoms with E-state index in [9.17, 15) is 4.79 Å². The van der Waals surface area contributed by atoms with E-state index in [1.807, 2.05) is 60.7 Å². The molecule has 3 rings (SSSR count). The van der Waals surface area contributed by atoms with Gasteiger partial charge in [-0.25, -0.2) is 4.99 Å². The lowest BCUT2D eigenvalue weighted by atomic mass is 10.2. The number of hydrogen-bond donors (Lipinski definition) is 1. The van der Waals surface area contributed by atoms with E-state index in [0.717, 1.165) is 15.7 Å². The van der Waals surface area contributed by atoms with Crippen molar-refractivity contribution in [2.45, 2.75) is 0 Å². The lowest BCUT2D eigenvalue weighted by Crippen LogP contribution is -2.19. The second-order valence-corrected chi connectivity index (χ2v) is 6.32. The summed E-state index contributed by atoms with van der Waals surface area (Å²) in [5.41, 5.74) is 1.80. The van der Waals surface area contributed by atoms with E-state index in [1.54, 1.807) is 0 Å². The van der Waals surface area contributed by atoms with E-state index in [4.69, 9.17) is 0 Å². The zero-order valence-corrected chi connectivity index (χ0v) is 13.3. The average molecular weight is 359 g/mol. The number of amidine groups is 1. The Hall–Kier alpha value is -1.85. The van der Waals surface area contributed by atoms with Gasteiger partial charge < -0.3 is 5.32 Å². The Kier molecular flexibility index (Phi) is 4.22. The van der Waals surface area contributed by atoms with Crippen LogP contribution in [0.1, 0.15) is 5.56 Å². The summed E-state index contributed by atoms with van der Waals surface area (Å²) in [6, 6.07) is 17.4. The molecule has 0 atom stereocenters. The fourth-order valence-corrected chi connectivity index (χ4v) is 3.11. The third kappa shape index (κ3) is 3.62. The van der Waals surface area contributed by atoms with Gasteiger partial charge in [-0.05, 0) is 47.7 Å². The van der Waals surface area contributed by atoms with E-state index in [0.29, 0.717) is 10.1 Å². The minimum Gasteiger partial charge on any atom is -0.300 e. The van der Waals surface area contributed by atoms with Crippen molar-refractivity contribution in [1.29, 1.82) is 0 Å². The van der Waals surface area contributed by atoms with Gasteiger partial charge in [0.1, 0.15) is 0 Å². The summed E-state index contributed by atoms with van der Waals surface area (Å²) in [5.74, 6) is -0.116. The van der Waals surface area contributed by atoms with Crippen molar-refractivity contribution < 1.29 is 4.79 Å². The van der Waals surface area contributed by atoms with Crippen LogP contribution in [0.15, 0.2) is 69.0 Å². The molecular formula is C16H11BrN2OS. The Bertz CT molecular complexity index is 741.